The van der Waals surface area contributed by atoms with Crippen molar-refractivity contribution in [1.82, 2.24) is 15.5 Å². The van der Waals surface area contributed by atoms with Gasteiger partial charge in [-0.1, -0.05) is 0 Å². The van der Waals surface area contributed by atoms with Crippen LogP contribution < -0.4 is 20.1 Å². The van der Waals surface area contributed by atoms with Gasteiger partial charge >= 0.3 is 0 Å². The van der Waals surface area contributed by atoms with Crippen LogP contribution in [0.15, 0.2) is 16.6 Å². The first-order valence-electron chi connectivity index (χ1n) is 7.87. The molecular formula is C16H25BrClN3O3. The van der Waals surface area contributed by atoms with Crippen LogP contribution in [0.25, 0.3) is 0 Å². The maximum absolute atomic E-state index is 12.3. The fourth-order valence-electron chi connectivity index (χ4n) is 2.50. The largest absolute Gasteiger partial charge is 0.493 e. The zero-order chi connectivity index (χ0) is 16.7. The molecule has 2 N–H and O–H groups in total. The Labute approximate surface area is 157 Å². The van der Waals surface area contributed by atoms with Crippen molar-refractivity contribution in [2.45, 2.75) is 6.92 Å². The molecule has 1 fully saturated rings. The summed E-state index contributed by atoms with van der Waals surface area (Å²) in [5.41, 5.74) is 0.553. The van der Waals surface area contributed by atoms with Crippen molar-refractivity contribution in [1.29, 1.82) is 0 Å². The van der Waals surface area contributed by atoms with E-state index in [9.17, 15) is 4.79 Å². The van der Waals surface area contributed by atoms with E-state index in [4.69, 9.17) is 9.47 Å². The number of hydrogen-bond donors (Lipinski definition) is 2. The van der Waals surface area contributed by atoms with Crippen molar-refractivity contribution < 1.29 is 14.3 Å². The van der Waals surface area contributed by atoms with Gasteiger partial charge in [0, 0.05) is 44.8 Å². The number of nitrogens with one attached hydrogen (secondary N) is 2. The van der Waals surface area contributed by atoms with Gasteiger partial charge in [0.25, 0.3) is 5.91 Å². The minimum absolute atomic E-state index is 0. The van der Waals surface area contributed by atoms with Crippen LogP contribution >= 0.6 is 28.3 Å². The lowest BCUT2D eigenvalue weighted by molar-refractivity contribution is 0.0947. The highest BCUT2D eigenvalue weighted by Crippen LogP contribution is 2.36. The highest BCUT2D eigenvalue weighted by atomic mass is 79.9. The highest BCUT2D eigenvalue weighted by Gasteiger charge is 2.16. The van der Waals surface area contributed by atoms with Crippen LogP contribution in [0.3, 0.4) is 0 Å². The van der Waals surface area contributed by atoms with Crippen LogP contribution in [0.4, 0.5) is 0 Å². The Hall–Kier alpha value is -1.02. The molecule has 1 amide bonds. The summed E-state index contributed by atoms with van der Waals surface area (Å²) in [5, 5.41) is 6.27. The topological polar surface area (TPSA) is 62.8 Å². The van der Waals surface area contributed by atoms with Crippen LogP contribution in [0.1, 0.15) is 17.3 Å². The quantitative estimate of drug-likeness (QED) is 0.703. The molecular weight excluding hydrogens is 398 g/mol. The summed E-state index contributed by atoms with van der Waals surface area (Å²) in [6.45, 7) is 8.01. The molecule has 1 heterocycles. The molecule has 0 radical (unpaired) electrons. The lowest BCUT2D eigenvalue weighted by Gasteiger charge is -2.27. The second kappa shape index (κ2) is 10.8. The Bertz CT molecular complexity index is 540. The number of nitrogens with zero attached hydrogens (tertiary/aromatic N) is 1. The minimum atomic E-state index is -0.109. The van der Waals surface area contributed by atoms with Gasteiger partial charge in [-0.15, -0.1) is 12.4 Å². The summed E-state index contributed by atoms with van der Waals surface area (Å²) in [6.07, 6.45) is 0. The molecule has 1 saturated heterocycles. The van der Waals surface area contributed by atoms with Crippen LogP contribution in [0.2, 0.25) is 0 Å². The smallest absolute Gasteiger partial charge is 0.251 e. The van der Waals surface area contributed by atoms with Gasteiger partial charge in [-0.3, -0.25) is 9.69 Å². The third-order valence-electron chi connectivity index (χ3n) is 3.70. The first kappa shape index (κ1) is 21.0. The Morgan fingerprint density at radius 1 is 1.38 bits per heavy atom. The number of ether oxygens (including phenoxy) is 2. The predicted molar refractivity (Wildman–Crippen MR) is 101 cm³/mol. The van der Waals surface area contributed by atoms with Gasteiger partial charge in [-0.05, 0) is 35.0 Å². The van der Waals surface area contributed by atoms with Gasteiger partial charge in [0.15, 0.2) is 11.5 Å². The second-order valence-electron chi connectivity index (χ2n) is 5.27. The molecule has 0 bridgehead atoms. The SMILES string of the molecule is CCOc1c(Br)cc(C(=O)NCCN2CCNCC2)cc1OC.Cl. The third-order valence-corrected chi connectivity index (χ3v) is 4.29. The Morgan fingerprint density at radius 3 is 2.71 bits per heavy atom. The van der Waals surface area contributed by atoms with Gasteiger partial charge in [-0.25, -0.2) is 0 Å². The van der Waals surface area contributed by atoms with E-state index in [1.807, 2.05) is 6.92 Å². The van der Waals surface area contributed by atoms with Crippen molar-refractivity contribution in [3.8, 4) is 11.5 Å². The monoisotopic (exact) mass is 421 g/mol. The van der Waals surface area contributed by atoms with Crippen LogP contribution in [-0.4, -0.2) is 63.8 Å². The highest BCUT2D eigenvalue weighted by molar-refractivity contribution is 9.10. The molecule has 1 aliphatic heterocycles. The van der Waals surface area contributed by atoms with Crippen molar-refractivity contribution in [2.75, 3.05) is 53.0 Å². The first-order valence-corrected chi connectivity index (χ1v) is 8.66. The molecule has 24 heavy (non-hydrogen) atoms. The second-order valence-corrected chi connectivity index (χ2v) is 6.12. The van der Waals surface area contributed by atoms with Crippen molar-refractivity contribution in [3.63, 3.8) is 0 Å². The van der Waals surface area contributed by atoms with Gasteiger partial charge in [0.1, 0.15) is 0 Å². The molecule has 2 rings (SSSR count). The number of halogens is 2. The normalized spacial score (nSPS) is 14.6. The third kappa shape index (κ3) is 5.81. The van der Waals surface area contributed by atoms with Crippen molar-refractivity contribution in [2.24, 2.45) is 0 Å². The maximum Gasteiger partial charge on any atom is 0.251 e. The average Bonchev–Trinajstić information content (AvgIpc) is 2.57. The summed E-state index contributed by atoms with van der Waals surface area (Å²) in [5.74, 6) is 1.06. The Balaban J connectivity index is 0.00000288. The zero-order valence-corrected chi connectivity index (χ0v) is 16.5. The molecule has 8 heteroatoms. The summed E-state index contributed by atoms with van der Waals surface area (Å²) >= 11 is 3.44. The number of rotatable bonds is 7. The number of benzene rings is 1. The van der Waals surface area contributed by atoms with Gasteiger partial charge in [0.05, 0.1) is 18.2 Å². The minimum Gasteiger partial charge on any atom is -0.493 e. The van der Waals surface area contributed by atoms with E-state index in [0.717, 1.165) is 32.7 Å². The van der Waals surface area contributed by atoms with Gasteiger partial charge < -0.3 is 20.1 Å². The first-order chi connectivity index (χ1) is 11.2. The number of hydrogen-bond acceptors (Lipinski definition) is 5. The number of piperazine rings is 1. The Kier molecular flexibility index (Phi) is 9.43. The molecule has 0 saturated carbocycles. The van der Waals surface area contributed by atoms with Gasteiger partial charge in [-0.2, -0.15) is 0 Å². The fraction of sp³-hybridized carbons (Fsp3) is 0.562. The predicted octanol–water partition coefficient (Wildman–Crippen LogP) is 1.91. The molecule has 0 aliphatic carbocycles. The van der Waals surface area contributed by atoms with E-state index in [-0.39, 0.29) is 18.3 Å². The number of methoxy groups -OCH3 is 1. The molecule has 0 atom stereocenters. The molecule has 0 unspecified atom stereocenters. The summed E-state index contributed by atoms with van der Waals surface area (Å²) in [7, 11) is 1.57. The molecule has 136 valence electrons. The molecule has 6 nitrogen and oxygen atoms in total. The number of amides is 1. The lowest BCUT2D eigenvalue weighted by Crippen LogP contribution is -2.46. The van der Waals surface area contributed by atoms with E-state index >= 15 is 0 Å². The maximum atomic E-state index is 12.3. The molecule has 0 spiro atoms. The van der Waals surface area contributed by atoms with E-state index in [1.165, 1.54) is 0 Å². The van der Waals surface area contributed by atoms with Gasteiger partial charge in [0.2, 0.25) is 0 Å². The van der Waals surface area contributed by atoms with Crippen molar-refractivity contribution >= 4 is 34.2 Å². The molecule has 0 aromatic heterocycles. The van der Waals surface area contributed by atoms with Crippen LogP contribution in [0, 0.1) is 0 Å². The summed E-state index contributed by atoms with van der Waals surface area (Å²) in [6, 6.07) is 3.46. The van der Waals surface area contributed by atoms with Crippen LogP contribution in [0.5, 0.6) is 11.5 Å². The summed E-state index contributed by atoms with van der Waals surface area (Å²) < 4.78 is 11.6. The number of carbonyl (C=O) groups excluding carboxylic acids is 1. The zero-order valence-electron chi connectivity index (χ0n) is 14.1. The van der Waals surface area contributed by atoms with E-state index in [2.05, 4.69) is 31.5 Å². The molecule has 1 aliphatic rings. The molecule has 1 aromatic rings. The fourth-order valence-corrected chi connectivity index (χ4v) is 3.06. The van der Waals surface area contributed by atoms with E-state index < -0.39 is 0 Å². The lowest BCUT2D eigenvalue weighted by atomic mass is 10.2. The number of carbonyl (C=O) groups is 1. The van der Waals surface area contributed by atoms with Crippen molar-refractivity contribution in [3.05, 3.63) is 22.2 Å². The average molecular weight is 423 g/mol. The van der Waals surface area contributed by atoms with E-state index in [1.54, 1.807) is 19.2 Å². The molecule has 1 aromatic carbocycles. The standard InChI is InChI=1S/C16H24BrN3O3.ClH/c1-3-23-15-13(17)10-12(11-14(15)22-2)16(21)19-6-9-20-7-4-18-5-8-20;/h10-11,18H,3-9H2,1-2H3,(H,19,21);1H. The Morgan fingerprint density at radius 2 is 2.08 bits per heavy atom. The van der Waals surface area contributed by atoms with E-state index in [0.29, 0.717) is 34.7 Å². The summed E-state index contributed by atoms with van der Waals surface area (Å²) in [4.78, 5) is 14.7. The van der Waals surface area contributed by atoms with Crippen LogP contribution in [-0.2, 0) is 0 Å².